The van der Waals surface area contributed by atoms with Crippen molar-refractivity contribution in [1.82, 2.24) is 5.32 Å². The lowest BCUT2D eigenvalue weighted by molar-refractivity contribution is -0.122. The Morgan fingerprint density at radius 3 is 1.24 bits per heavy atom. The van der Waals surface area contributed by atoms with Gasteiger partial charge in [-0.1, -0.05) is 40.5 Å². The Hall–Kier alpha value is -1.18. The van der Waals surface area contributed by atoms with Gasteiger partial charge in [-0.15, -0.1) is 0 Å². The molecular weight excluding hydrogens is 546 g/mol. The molecule has 0 aliphatic rings. The summed E-state index contributed by atoms with van der Waals surface area (Å²) in [4.78, 5) is 23.3. The van der Waals surface area contributed by atoms with Gasteiger partial charge in [0.15, 0.2) is 0 Å². The topological polar surface area (TPSA) is 120 Å². The molecule has 0 aliphatic heterocycles. The first-order valence-corrected chi connectivity index (χ1v) is 15.8. The highest BCUT2D eigenvalue weighted by Gasteiger charge is 2.05. The van der Waals surface area contributed by atoms with Crippen LogP contribution in [0.15, 0.2) is 0 Å². The zero-order valence-corrected chi connectivity index (χ0v) is 27.0. The Morgan fingerprint density at radius 2 is 0.857 bits per heavy atom. The van der Waals surface area contributed by atoms with Gasteiger partial charge in [-0.25, -0.2) is 0 Å². The number of unbranched alkanes of at least 4 members (excludes halogenated alkanes) is 1. The maximum atomic E-state index is 11.7. The third-order valence-electron chi connectivity index (χ3n) is 5.77. The van der Waals surface area contributed by atoms with E-state index in [2.05, 4.69) is 19.2 Å². The minimum Gasteiger partial charge on any atom is -0.379 e. The van der Waals surface area contributed by atoms with Crippen molar-refractivity contribution in [3.05, 3.63) is 0 Å². The van der Waals surface area contributed by atoms with Crippen LogP contribution >= 0.6 is 0 Å². The van der Waals surface area contributed by atoms with E-state index in [1.165, 1.54) is 6.42 Å². The average Bonchev–Trinajstić information content (AvgIpc) is 2.94. The molecule has 0 atom stereocenters. The normalized spacial score (nSPS) is 11.6. The number of amides is 1. The molecule has 0 aromatic heterocycles. The lowest BCUT2D eigenvalue weighted by Crippen LogP contribution is -2.27. The highest BCUT2D eigenvalue weighted by molar-refractivity contribution is 5.78. The first-order chi connectivity index (χ1) is 20.4. The van der Waals surface area contributed by atoms with Crippen molar-refractivity contribution in [2.24, 2.45) is 11.8 Å². The van der Waals surface area contributed by atoms with Gasteiger partial charge in [0.2, 0.25) is 5.91 Å². The number of Topliss-reactive ketones (excluding diaryl/α,β-unsaturated/α-hetero) is 1. The summed E-state index contributed by atoms with van der Waals surface area (Å²) in [5.74, 6) is 1.43. The second-order valence-electron chi connectivity index (χ2n) is 10.8. The van der Waals surface area contributed by atoms with Crippen LogP contribution in [0.25, 0.3) is 0 Å². The lowest BCUT2D eigenvalue weighted by Gasteiger charge is -2.09. The molecule has 0 aromatic rings. The average molecular weight is 608 g/mol. The number of rotatable bonds is 34. The van der Waals surface area contributed by atoms with E-state index in [9.17, 15) is 9.59 Å². The number of hydrogen-bond acceptors (Lipinski definition) is 10. The van der Waals surface area contributed by atoms with Gasteiger partial charge < -0.3 is 43.2 Å². The first kappa shape index (κ1) is 40.8. The fourth-order valence-corrected chi connectivity index (χ4v) is 3.57. The van der Waals surface area contributed by atoms with Crippen molar-refractivity contribution in [3.63, 3.8) is 0 Å². The standard InChI is InChI=1S/C31H61NO10/c1-28(2)7-5-6-8-31(34)32-10-12-36-14-16-38-18-20-40-22-24-42-26-25-41-23-21-39-19-17-37-15-13-35-11-9-30(33)27-29(3)4/h28-29H,5-27H2,1-4H3,(H,32,34). The molecule has 0 heterocycles. The van der Waals surface area contributed by atoms with Crippen molar-refractivity contribution >= 4 is 11.7 Å². The predicted octanol–water partition coefficient (Wildman–Crippen LogP) is 3.46. The number of ketones is 1. The maximum absolute atomic E-state index is 11.7. The molecule has 11 nitrogen and oxygen atoms in total. The van der Waals surface area contributed by atoms with Crippen LogP contribution in [0.4, 0.5) is 0 Å². The van der Waals surface area contributed by atoms with Crippen LogP contribution in [0.3, 0.4) is 0 Å². The van der Waals surface area contributed by atoms with Crippen molar-refractivity contribution in [3.8, 4) is 0 Å². The fraction of sp³-hybridized carbons (Fsp3) is 0.935. The summed E-state index contributed by atoms with van der Waals surface area (Å²) in [5.41, 5.74) is 0. The number of ether oxygens (including phenoxy) is 8. The van der Waals surface area contributed by atoms with Crippen molar-refractivity contribution in [1.29, 1.82) is 0 Å². The molecule has 0 bridgehead atoms. The molecule has 0 saturated heterocycles. The Kier molecular flexibility index (Phi) is 31.8. The molecule has 0 unspecified atom stereocenters. The molecule has 0 aliphatic carbocycles. The third kappa shape index (κ3) is 35.0. The predicted molar refractivity (Wildman–Crippen MR) is 162 cm³/mol. The van der Waals surface area contributed by atoms with Crippen LogP contribution in [0.1, 0.15) is 66.2 Å². The summed E-state index contributed by atoms with van der Waals surface area (Å²) in [6.07, 6.45) is 4.89. The molecule has 0 saturated carbocycles. The van der Waals surface area contributed by atoms with Crippen LogP contribution in [0.2, 0.25) is 0 Å². The largest absolute Gasteiger partial charge is 0.379 e. The van der Waals surface area contributed by atoms with Crippen LogP contribution in [0.5, 0.6) is 0 Å². The van der Waals surface area contributed by atoms with E-state index in [1.807, 2.05) is 13.8 Å². The van der Waals surface area contributed by atoms with Crippen LogP contribution in [-0.2, 0) is 47.5 Å². The number of nitrogens with one attached hydrogen (secondary N) is 1. The summed E-state index contributed by atoms with van der Waals surface area (Å²) in [5, 5.41) is 2.88. The molecule has 11 heteroatoms. The lowest BCUT2D eigenvalue weighted by atomic mass is 10.1. The van der Waals surface area contributed by atoms with Crippen LogP contribution < -0.4 is 5.32 Å². The molecule has 250 valence electrons. The summed E-state index contributed by atoms with van der Waals surface area (Å²) in [6.45, 7) is 16.9. The highest BCUT2D eigenvalue weighted by atomic mass is 16.6. The van der Waals surface area contributed by atoms with E-state index < -0.39 is 0 Å². The van der Waals surface area contributed by atoms with Gasteiger partial charge in [0.1, 0.15) is 5.78 Å². The SMILES string of the molecule is CC(C)CCCCC(=O)NCCOCCOCCOCCOCCOCCOCCOCCOCCC(=O)CC(C)C. The van der Waals surface area contributed by atoms with Crippen molar-refractivity contribution in [2.75, 3.05) is 112 Å². The van der Waals surface area contributed by atoms with Gasteiger partial charge in [-0.05, 0) is 18.3 Å². The Bertz CT molecular complexity index is 592. The molecule has 0 rings (SSSR count). The minimum absolute atomic E-state index is 0.0952. The van der Waals surface area contributed by atoms with Gasteiger partial charge >= 0.3 is 0 Å². The Balaban J connectivity index is 3.13. The van der Waals surface area contributed by atoms with E-state index in [4.69, 9.17) is 37.9 Å². The summed E-state index contributed by atoms with van der Waals surface area (Å²) >= 11 is 0. The fourth-order valence-electron chi connectivity index (χ4n) is 3.57. The molecule has 0 radical (unpaired) electrons. The van der Waals surface area contributed by atoms with E-state index in [1.54, 1.807) is 0 Å². The number of carbonyl (C=O) groups excluding carboxylic acids is 2. The number of hydrogen-bond donors (Lipinski definition) is 1. The highest BCUT2D eigenvalue weighted by Crippen LogP contribution is 2.07. The molecule has 0 fully saturated rings. The molecular formula is C31H61NO10. The van der Waals surface area contributed by atoms with Gasteiger partial charge in [0, 0.05) is 25.8 Å². The zero-order valence-electron chi connectivity index (χ0n) is 27.0. The maximum Gasteiger partial charge on any atom is 0.220 e. The van der Waals surface area contributed by atoms with Crippen LogP contribution in [0, 0.1) is 11.8 Å². The summed E-state index contributed by atoms with van der Waals surface area (Å²) in [7, 11) is 0. The summed E-state index contributed by atoms with van der Waals surface area (Å²) in [6, 6.07) is 0. The van der Waals surface area contributed by atoms with Crippen LogP contribution in [-0.4, -0.2) is 124 Å². The quantitative estimate of drug-likeness (QED) is 0.109. The third-order valence-corrected chi connectivity index (χ3v) is 5.77. The van der Waals surface area contributed by atoms with E-state index in [0.717, 1.165) is 12.8 Å². The molecule has 0 spiro atoms. The molecule has 1 N–H and O–H groups in total. The van der Waals surface area contributed by atoms with Gasteiger partial charge in [-0.2, -0.15) is 0 Å². The molecule has 0 aromatic carbocycles. The van der Waals surface area contributed by atoms with Gasteiger partial charge in [-0.3, -0.25) is 9.59 Å². The Morgan fingerprint density at radius 1 is 0.476 bits per heavy atom. The summed E-state index contributed by atoms with van der Waals surface area (Å²) < 4.78 is 43.6. The Labute approximate surface area is 254 Å². The second-order valence-corrected chi connectivity index (χ2v) is 10.8. The van der Waals surface area contributed by atoms with Gasteiger partial charge in [0.05, 0.1) is 106 Å². The van der Waals surface area contributed by atoms with E-state index in [0.29, 0.717) is 143 Å². The minimum atomic E-state index is 0.0952. The van der Waals surface area contributed by atoms with Crippen molar-refractivity contribution < 1.29 is 47.5 Å². The molecule has 1 amide bonds. The van der Waals surface area contributed by atoms with Crippen molar-refractivity contribution in [2.45, 2.75) is 66.2 Å². The molecule has 42 heavy (non-hydrogen) atoms. The number of carbonyl (C=O) groups is 2. The van der Waals surface area contributed by atoms with E-state index >= 15 is 0 Å². The second kappa shape index (κ2) is 32.7. The van der Waals surface area contributed by atoms with E-state index in [-0.39, 0.29) is 11.7 Å². The van der Waals surface area contributed by atoms with Gasteiger partial charge in [0.25, 0.3) is 0 Å². The smallest absolute Gasteiger partial charge is 0.220 e. The zero-order chi connectivity index (χ0) is 30.9. The first-order valence-electron chi connectivity index (χ1n) is 15.8. The monoisotopic (exact) mass is 607 g/mol.